The van der Waals surface area contributed by atoms with E-state index in [4.69, 9.17) is 11.6 Å². The lowest BCUT2D eigenvalue weighted by atomic mass is 9.99. The molecule has 0 aliphatic carbocycles. The van der Waals surface area contributed by atoms with Crippen LogP contribution >= 0.6 is 11.6 Å². The lowest BCUT2D eigenvalue weighted by Gasteiger charge is -2.16. The number of carbonyl (C=O) groups is 1. The van der Waals surface area contributed by atoms with Crippen molar-refractivity contribution in [3.63, 3.8) is 0 Å². The summed E-state index contributed by atoms with van der Waals surface area (Å²) in [7, 11) is 1.86. The highest BCUT2D eigenvalue weighted by molar-refractivity contribution is 6.30. The number of rotatable bonds is 3. The summed E-state index contributed by atoms with van der Waals surface area (Å²) in [5.74, 6) is 0.490. The van der Waals surface area contributed by atoms with E-state index in [-0.39, 0.29) is 5.91 Å². The summed E-state index contributed by atoms with van der Waals surface area (Å²) < 4.78 is 1.72. The van der Waals surface area contributed by atoms with Crippen molar-refractivity contribution in [3.8, 4) is 0 Å². The third-order valence-corrected chi connectivity index (χ3v) is 4.54. The number of likely N-dealkylation sites (tertiary alicyclic amines) is 1. The molecule has 1 aromatic carbocycles. The average Bonchev–Trinajstić information content (AvgIpc) is 3.14. The van der Waals surface area contributed by atoms with Gasteiger partial charge in [-0.1, -0.05) is 30.7 Å². The molecule has 5 heteroatoms. The highest BCUT2D eigenvalue weighted by Gasteiger charge is 2.29. The van der Waals surface area contributed by atoms with E-state index < -0.39 is 0 Å². The Morgan fingerprint density at radius 2 is 2.09 bits per heavy atom. The molecule has 22 heavy (non-hydrogen) atoms. The quantitative estimate of drug-likeness (QED) is 0.871. The smallest absolute Gasteiger partial charge is 0.257 e. The Morgan fingerprint density at radius 3 is 2.77 bits per heavy atom. The van der Waals surface area contributed by atoms with Crippen LogP contribution in [-0.2, 0) is 13.5 Å². The van der Waals surface area contributed by atoms with Crippen LogP contribution in [0, 0.1) is 0 Å². The van der Waals surface area contributed by atoms with Crippen LogP contribution in [-0.4, -0.2) is 33.7 Å². The first-order valence-electron chi connectivity index (χ1n) is 7.65. The van der Waals surface area contributed by atoms with Crippen LogP contribution in [0.2, 0.25) is 5.02 Å². The molecule has 0 radical (unpaired) electrons. The molecule has 2 aromatic rings. The summed E-state index contributed by atoms with van der Waals surface area (Å²) in [6, 6.07) is 7.94. The first-order valence-corrected chi connectivity index (χ1v) is 8.03. The summed E-state index contributed by atoms with van der Waals surface area (Å²) in [5.41, 5.74) is 2.87. The van der Waals surface area contributed by atoms with Gasteiger partial charge in [0.15, 0.2) is 0 Å². The van der Waals surface area contributed by atoms with Crippen molar-refractivity contribution in [1.29, 1.82) is 0 Å². The topological polar surface area (TPSA) is 38.1 Å². The van der Waals surface area contributed by atoms with Gasteiger partial charge in [-0.3, -0.25) is 9.48 Å². The van der Waals surface area contributed by atoms with Gasteiger partial charge in [0.1, 0.15) is 0 Å². The summed E-state index contributed by atoms with van der Waals surface area (Å²) in [5, 5.41) is 5.11. The third kappa shape index (κ3) is 2.88. The van der Waals surface area contributed by atoms with E-state index >= 15 is 0 Å². The number of halogens is 1. The number of aryl methyl sites for hydroxylation is 2. The predicted octanol–water partition coefficient (Wildman–Crippen LogP) is 3.27. The van der Waals surface area contributed by atoms with Crippen molar-refractivity contribution in [2.24, 2.45) is 7.05 Å². The van der Waals surface area contributed by atoms with Crippen LogP contribution in [0.3, 0.4) is 0 Å². The second kappa shape index (κ2) is 6.13. The van der Waals surface area contributed by atoms with Gasteiger partial charge in [0.05, 0.1) is 11.3 Å². The summed E-state index contributed by atoms with van der Waals surface area (Å²) in [4.78, 5) is 14.7. The van der Waals surface area contributed by atoms with E-state index in [9.17, 15) is 4.79 Å². The molecule has 1 amide bonds. The molecule has 0 N–H and O–H groups in total. The summed E-state index contributed by atoms with van der Waals surface area (Å²) >= 11 is 5.94. The Bertz CT molecular complexity index is 678. The molecule has 1 aliphatic rings. The van der Waals surface area contributed by atoms with E-state index in [1.165, 1.54) is 5.56 Å². The molecule has 0 bridgehead atoms. The number of nitrogens with zero attached hydrogens (tertiary/aromatic N) is 3. The minimum Gasteiger partial charge on any atom is -0.338 e. The molecule has 4 nitrogen and oxygen atoms in total. The standard InChI is InChI=1S/C17H20ClN3O/c1-3-16-15(11-20(2)19-16)17(22)21-9-8-13(10-21)12-4-6-14(18)7-5-12/h4-7,11,13H,3,8-10H2,1-2H3. The third-order valence-electron chi connectivity index (χ3n) is 4.29. The number of benzene rings is 1. The van der Waals surface area contributed by atoms with Crippen molar-refractivity contribution in [2.45, 2.75) is 25.7 Å². The van der Waals surface area contributed by atoms with Gasteiger partial charge in [-0.25, -0.2) is 0 Å². The molecule has 1 aliphatic heterocycles. The van der Waals surface area contributed by atoms with Gasteiger partial charge < -0.3 is 4.90 Å². The van der Waals surface area contributed by atoms with Crippen LogP contribution in [0.4, 0.5) is 0 Å². The minimum atomic E-state index is 0.0985. The number of carbonyl (C=O) groups excluding carboxylic acids is 1. The van der Waals surface area contributed by atoms with E-state index in [0.717, 1.165) is 42.2 Å². The lowest BCUT2D eigenvalue weighted by molar-refractivity contribution is 0.0789. The number of amides is 1. The molecular formula is C17H20ClN3O. The van der Waals surface area contributed by atoms with Crippen molar-refractivity contribution in [2.75, 3.05) is 13.1 Å². The zero-order valence-corrected chi connectivity index (χ0v) is 13.7. The minimum absolute atomic E-state index is 0.0985. The van der Waals surface area contributed by atoms with Crippen LogP contribution in [0.5, 0.6) is 0 Å². The Balaban J connectivity index is 1.74. The highest BCUT2D eigenvalue weighted by Crippen LogP contribution is 2.29. The van der Waals surface area contributed by atoms with Gasteiger partial charge in [-0.2, -0.15) is 5.10 Å². The van der Waals surface area contributed by atoms with Crippen LogP contribution in [0.1, 0.15) is 40.9 Å². The lowest BCUT2D eigenvalue weighted by Crippen LogP contribution is -2.28. The molecule has 3 rings (SSSR count). The van der Waals surface area contributed by atoms with E-state index in [0.29, 0.717) is 5.92 Å². The van der Waals surface area contributed by atoms with E-state index in [2.05, 4.69) is 17.2 Å². The molecule has 116 valence electrons. The van der Waals surface area contributed by atoms with Gasteiger partial charge in [-0.15, -0.1) is 0 Å². The first kappa shape index (κ1) is 15.1. The molecular weight excluding hydrogens is 298 g/mol. The maximum absolute atomic E-state index is 12.7. The monoisotopic (exact) mass is 317 g/mol. The Kier molecular flexibility index (Phi) is 4.21. The molecule has 1 atom stereocenters. The summed E-state index contributed by atoms with van der Waals surface area (Å²) in [6.45, 7) is 3.59. The largest absolute Gasteiger partial charge is 0.338 e. The molecule has 1 unspecified atom stereocenters. The molecule has 1 saturated heterocycles. The highest BCUT2D eigenvalue weighted by atomic mass is 35.5. The van der Waals surface area contributed by atoms with Crippen molar-refractivity contribution < 1.29 is 4.79 Å². The fourth-order valence-electron chi connectivity index (χ4n) is 3.10. The normalized spacial score (nSPS) is 18.0. The molecule has 0 saturated carbocycles. The molecule has 1 fully saturated rings. The Hall–Kier alpha value is -1.81. The van der Waals surface area contributed by atoms with Gasteiger partial charge >= 0.3 is 0 Å². The maximum Gasteiger partial charge on any atom is 0.257 e. The number of hydrogen-bond donors (Lipinski definition) is 0. The second-order valence-electron chi connectivity index (χ2n) is 5.81. The van der Waals surface area contributed by atoms with Crippen molar-refractivity contribution >= 4 is 17.5 Å². The van der Waals surface area contributed by atoms with Crippen molar-refractivity contribution in [1.82, 2.24) is 14.7 Å². The molecule has 1 aromatic heterocycles. The van der Waals surface area contributed by atoms with E-state index in [1.807, 2.05) is 37.2 Å². The number of hydrogen-bond acceptors (Lipinski definition) is 2. The first-order chi connectivity index (χ1) is 10.6. The fraction of sp³-hybridized carbons (Fsp3) is 0.412. The molecule has 0 spiro atoms. The zero-order chi connectivity index (χ0) is 15.7. The molecule has 2 heterocycles. The van der Waals surface area contributed by atoms with Crippen molar-refractivity contribution in [3.05, 3.63) is 52.3 Å². The SMILES string of the molecule is CCc1nn(C)cc1C(=O)N1CCC(c2ccc(Cl)cc2)C1. The number of aromatic nitrogens is 2. The van der Waals surface area contributed by atoms with Gasteiger partial charge in [-0.05, 0) is 30.5 Å². The van der Waals surface area contributed by atoms with Crippen LogP contribution < -0.4 is 0 Å². The second-order valence-corrected chi connectivity index (χ2v) is 6.24. The van der Waals surface area contributed by atoms with Crippen LogP contribution in [0.15, 0.2) is 30.5 Å². The zero-order valence-electron chi connectivity index (χ0n) is 12.9. The van der Waals surface area contributed by atoms with Gasteiger partial charge in [0.2, 0.25) is 0 Å². The van der Waals surface area contributed by atoms with E-state index in [1.54, 1.807) is 4.68 Å². The Morgan fingerprint density at radius 1 is 1.36 bits per heavy atom. The predicted molar refractivity (Wildman–Crippen MR) is 87.3 cm³/mol. The average molecular weight is 318 g/mol. The maximum atomic E-state index is 12.7. The van der Waals surface area contributed by atoms with Gasteiger partial charge in [0.25, 0.3) is 5.91 Å². The fourth-order valence-corrected chi connectivity index (χ4v) is 3.22. The Labute approximate surface area is 135 Å². The summed E-state index contributed by atoms with van der Waals surface area (Å²) in [6.07, 6.45) is 3.60. The van der Waals surface area contributed by atoms with Crippen LogP contribution in [0.25, 0.3) is 0 Å². The van der Waals surface area contributed by atoms with Gasteiger partial charge in [0, 0.05) is 37.3 Å².